The van der Waals surface area contributed by atoms with E-state index in [9.17, 15) is 14.4 Å². The third-order valence-electron chi connectivity index (χ3n) is 7.72. The lowest BCUT2D eigenvalue weighted by molar-refractivity contribution is -0.147. The summed E-state index contributed by atoms with van der Waals surface area (Å²) in [5, 5.41) is 11.0. The van der Waals surface area contributed by atoms with E-state index in [1.54, 1.807) is 0 Å². The summed E-state index contributed by atoms with van der Waals surface area (Å²) in [6.07, 6.45) is 42.4. The Labute approximate surface area is 276 Å². The van der Waals surface area contributed by atoms with Crippen LogP contribution in [0.25, 0.3) is 0 Å². The van der Waals surface area contributed by atoms with Gasteiger partial charge in [0.25, 0.3) is 0 Å². The molecule has 0 aliphatic heterocycles. The largest absolute Gasteiger partial charge is 0.480 e. The van der Waals surface area contributed by atoms with E-state index < -0.39 is 5.97 Å². The number of carboxylic acids is 1. The van der Waals surface area contributed by atoms with Crippen molar-refractivity contribution in [3.05, 3.63) is 48.6 Å². The Morgan fingerprint density at radius 1 is 0.622 bits per heavy atom. The fraction of sp³-hybridized carbons (Fsp3) is 0.718. The first-order chi connectivity index (χ1) is 22.0. The van der Waals surface area contributed by atoms with Gasteiger partial charge in [0.2, 0.25) is 5.91 Å². The number of allylic oxidation sites excluding steroid dienone is 7. The molecule has 1 amide bonds. The maximum atomic E-state index is 12.6. The number of amides is 1. The van der Waals surface area contributed by atoms with Crippen molar-refractivity contribution in [3.8, 4) is 0 Å². The predicted molar refractivity (Wildman–Crippen MR) is 189 cm³/mol. The van der Waals surface area contributed by atoms with Crippen LogP contribution in [0.1, 0.15) is 168 Å². The first-order valence-corrected chi connectivity index (χ1v) is 18.3. The van der Waals surface area contributed by atoms with E-state index in [4.69, 9.17) is 9.84 Å². The first-order valence-electron chi connectivity index (χ1n) is 18.3. The third-order valence-corrected chi connectivity index (χ3v) is 7.72. The van der Waals surface area contributed by atoms with Crippen molar-refractivity contribution in [1.29, 1.82) is 0 Å². The molecule has 0 aromatic rings. The van der Waals surface area contributed by atoms with E-state index in [0.717, 1.165) is 96.3 Å². The van der Waals surface area contributed by atoms with Crippen molar-refractivity contribution in [2.75, 3.05) is 6.54 Å². The molecule has 0 saturated heterocycles. The smallest absolute Gasteiger partial charge is 0.322 e. The second-order valence-electron chi connectivity index (χ2n) is 12.1. The Morgan fingerprint density at radius 2 is 1.16 bits per heavy atom. The van der Waals surface area contributed by atoms with Gasteiger partial charge in [0.05, 0.1) is 0 Å². The number of carboxylic acid groups (broad SMARTS) is 1. The van der Waals surface area contributed by atoms with Crippen molar-refractivity contribution in [2.45, 2.75) is 174 Å². The maximum absolute atomic E-state index is 12.6. The predicted octanol–water partition coefficient (Wildman–Crippen LogP) is 10.7. The Kier molecular flexibility index (Phi) is 32.2. The van der Waals surface area contributed by atoms with E-state index in [0.29, 0.717) is 12.8 Å². The lowest BCUT2D eigenvalue weighted by Crippen LogP contribution is -2.28. The molecule has 6 nitrogen and oxygen atoms in total. The zero-order valence-corrected chi connectivity index (χ0v) is 29.0. The van der Waals surface area contributed by atoms with Crippen molar-refractivity contribution in [1.82, 2.24) is 5.32 Å². The van der Waals surface area contributed by atoms with Crippen molar-refractivity contribution < 1.29 is 24.2 Å². The molecule has 6 heteroatoms. The van der Waals surface area contributed by atoms with E-state index in [1.165, 1.54) is 44.9 Å². The summed E-state index contributed by atoms with van der Waals surface area (Å²) in [6, 6.07) is 0. The van der Waals surface area contributed by atoms with Gasteiger partial charge in [-0.2, -0.15) is 0 Å². The van der Waals surface area contributed by atoms with E-state index in [-0.39, 0.29) is 24.5 Å². The Balaban J connectivity index is 4.27. The molecule has 0 aromatic heterocycles. The zero-order chi connectivity index (χ0) is 33.1. The van der Waals surface area contributed by atoms with Crippen LogP contribution in [0.2, 0.25) is 0 Å². The molecular formula is C39H67NO5. The number of unbranched alkanes of at least 4 members (excludes halogenated alkanes) is 15. The second kappa shape index (κ2) is 34.2. The molecule has 1 atom stereocenters. The first kappa shape index (κ1) is 42.4. The van der Waals surface area contributed by atoms with Crippen LogP contribution in [0.5, 0.6) is 0 Å². The maximum Gasteiger partial charge on any atom is 0.322 e. The number of carbonyl (C=O) groups excluding carboxylic acids is 2. The molecule has 0 heterocycles. The lowest BCUT2D eigenvalue weighted by atomic mass is 10.0. The van der Waals surface area contributed by atoms with Gasteiger partial charge in [-0.1, -0.05) is 127 Å². The number of hydrogen-bond acceptors (Lipinski definition) is 4. The summed E-state index contributed by atoms with van der Waals surface area (Å²) in [5.41, 5.74) is 0. The topological polar surface area (TPSA) is 92.7 Å². The van der Waals surface area contributed by atoms with Gasteiger partial charge in [-0.25, -0.2) is 0 Å². The summed E-state index contributed by atoms with van der Waals surface area (Å²) in [5.74, 6) is -1.30. The molecule has 0 radical (unpaired) electrons. The lowest BCUT2D eigenvalue weighted by Gasteiger charge is -2.15. The molecule has 0 spiro atoms. The van der Waals surface area contributed by atoms with Crippen LogP contribution in [0.15, 0.2) is 48.6 Å². The van der Waals surface area contributed by atoms with Crippen LogP contribution >= 0.6 is 0 Å². The molecule has 258 valence electrons. The summed E-state index contributed by atoms with van der Waals surface area (Å²) in [7, 11) is 0. The van der Waals surface area contributed by atoms with Gasteiger partial charge in [-0.15, -0.1) is 0 Å². The summed E-state index contributed by atoms with van der Waals surface area (Å²) < 4.78 is 5.90. The van der Waals surface area contributed by atoms with Crippen molar-refractivity contribution in [2.24, 2.45) is 0 Å². The van der Waals surface area contributed by atoms with Gasteiger partial charge in [-0.05, 0) is 76.7 Å². The summed E-state index contributed by atoms with van der Waals surface area (Å²) in [4.78, 5) is 34.7. The average Bonchev–Trinajstić information content (AvgIpc) is 3.02. The summed E-state index contributed by atoms with van der Waals surface area (Å²) >= 11 is 0. The third kappa shape index (κ3) is 34.1. The van der Waals surface area contributed by atoms with Crippen molar-refractivity contribution in [3.63, 3.8) is 0 Å². The number of nitrogens with one attached hydrogen (secondary N) is 1. The molecule has 0 aliphatic carbocycles. The molecule has 45 heavy (non-hydrogen) atoms. The Morgan fingerprint density at radius 3 is 1.82 bits per heavy atom. The van der Waals surface area contributed by atoms with E-state index in [1.807, 2.05) is 0 Å². The minimum atomic E-state index is -1.02. The zero-order valence-electron chi connectivity index (χ0n) is 29.0. The number of hydrogen-bond donors (Lipinski definition) is 2. The Bertz CT molecular complexity index is 829. The van der Waals surface area contributed by atoms with Crippen LogP contribution in [-0.2, 0) is 19.1 Å². The van der Waals surface area contributed by atoms with Gasteiger partial charge in [0.1, 0.15) is 12.6 Å². The fourth-order valence-electron chi connectivity index (χ4n) is 5.03. The fourth-order valence-corrected chi connectivity index (χ4v) is 5.03. The van der Waals surface area contributed by atoms with Gasteiger partial charge in [-0.3, -0.25) is 14.4 Å². The van der Waals surface area contributed by atoms with Crippen LogP contribution in [-0.4, -0.2) is 35.6 Å². The highest BCUT2D eigenvalue weighted by Gasteiger charge is 2.11. The van der Waals surface area contributed by atoms with Crippen molar-refractivity contribution >= 4 is 17.8 Å². The van der Waals surface area contributed by atoms with Crippen LogP contribution in [0.4, 0.5) is 0 Å². The van der Waals surface area contributed by atoms with Crippen LogP contribution in [0, 0.1) is 0 Å². The van der Waals surface area contributed by atoms with E-state index >= 15 is 0 Å². The molecule has 1 unspecified atom stereocenters. The van der Waals surface area contributed by atoms with Gasteiger partial charge >= 0.3 is 11.9 Å². The molecule has 0 fully saturated rings. The number of carbonyl (C=O) groups is 3. The molecule has 0 aromatic carbocycles. The average molecular weight is 630 g/mol. The second-order valence-corrected chi connectivity index (χ2v) is 12.1. The highest BCUT2D eigenvalue weighted by Crippen LogP contribution is 2.15. The van der Waals surface area contributed by atoms with Gasteiger partial charge in [0, 0.05) is 12.8 Å². The highest BCUT2D eigenvalue weighted by molar-refractivity contribution is 5.80. The summed E-state index contributed by atoms with van der Waals surface area (Å²) in [6.45, 7) is 4.08. The molecule has 0 saturated carbocycles. The van der Waals surface area contributed by atoms with Crippen LogP contribution in [0.3, 0.4) is 0 Å². The van der Waals surface area contributed by atoms with E-state index in [2.05, 4.69) is 67.8 Å². The normalized spacial score (nSPS) is 12.6. The molecule has 0 bridgehead atoms. The molecule has 2 N–H and O–H groups in total. The quantitative estimate of drug-likeness (QED) is 0.0439. The number of ether oxygens (including phenoxy) is 1. The standard InChI is InChI=1S/C39H67NO5/c1-3-5-7-9-11-13-14-15-16-18-20-26-30-34-39(44)45-36(31-27-23-19-17-12-10-8-6-4-2)32-28-24-21-22-25-29-33-37(41)40-35-38(42)43/h5,7,11,13,15-16,27,31,36H,3-4,6,8-10,12,14,17-26,28-30,32-35H2,1-2H3,(H,40,41)(H,42,43)/b7-5-,13-11-,16-15-,31-27-. The number of esters is 1. The molecular weight excluding hydrogens is 562 g/mol. The minimum absolute atomic E-state index is 0.0837. The molecule has 0 aliphatic rings. The highest BCUT2D eigenvalue weighted by atomic mass is 16.5. The van der Waals surface area contributed by atoms with Crippen LogP contribution < -0.4 is 5.32 Å². The monoisotopic (exact) mass is 630 g/mol. The minimum Gasteiger partial charge on any atom is -0.480 e. The SMILES string of the molecule is CC/C=C\C/C=C\C/C=C\CCCCCC(=O)OC(/C=C\CCCCCCCCC)CCCCCCCCC(=O)NCC(=O)O. The van der Waals surface area contributed by atoms with Gasteiger partial charge < -0.3 is 15.2 Å². The molecule has 0 rings (SSSR count). The Hall–Kier alpha value is -2.63. The number of aliphatic carboxylic acids is 1. The number of rotatable bonds is 32. The van der Waals surface area contributed by atoms with Gasteiger partial charge in [0.15, 0.2) is 0 Å².